The van der Waals surface area contributed by atoms with Gasteiger partial charge in [-0.15, -0.1) is 11.3 Å². The Bertz CT molecular complexity index is 1500. The number of aryl methyl sites for hydroxylation is 3. The van der Waals surface area contributed by atoms with Crippen LogP contribution in [0.1, 0.15) is 27.8 Å². The van der Waals surface area contributed by atoms with Crippen molar-refractivity contribution in [1.29, 1.82) is 0 Å². The van der Waals surface area contributed by atoms with E-state index in [1.54, 1.807) is 12.1 Å². The molecule has 0 aliphatic carbocycles. The van der Waals surface area contributed by atoms with Crippen LogP contribution in [0.5, 0.6) is 0 Å². The molecule has 0 atom stereocenters. The average Bonchev–Trinajstić information content (AvgIpc) is 3.24. The van der Waals surface area contributed by atoms with Gasteiger partial charge in [0.15, 0.2) is 0 Å². The van der Waals surface area contributed by atoms with Crippen molar-refractivity contribution in [3.8, 4) is 21.0 Å². The Morgan fingerprint density at radius 3 is 2.20 bits per heavy atom. The third-order valence-electron chi connectivity index (χ3n) is 5.95. The Labute approximate surface area is 202 Å². The summed E-state index contributed by atoms with van der Waals surface area (Å²) >= 11 is 1.21. The van der Waals surface area contributed by atoms with Crippen LogP contribution in [-0.4, -0.2) is 4.57 Å². The maximum absolute atomic E-state index is 14.3. The Balaban J connectivity index is 1.92. The van der Waals surface area contributed by atoms with Crippen molar-refractivity contribution >= 4 is 17.0 Å². The topological polar surface area (TPSA) is 48.0 Å². The van der Waals surface area contributed by atoms with E-state index in [0.717, 1.165) is 49.9 Å². The molecule has 0 spiro atoms. The van der Waals surface area contributed by atoms with Crippen LogP contribution in [0.2, 0.25) is 0 Å². The summed E-state index contributed by atoms with van der Waals surface area (Å²) in [7, 11) is 0. The predicted molar refractivity (Wildman–Crippen MR) is 129 cm³/mol. The van der Waals surface area contributed by atoms with E-state index in [1.165, 1.54) is 11.3 Å². The Hall–Kier alpha value is -3.46. The first-order chi connectivity index (χ1) is 16.4. The van der Waals surface area contributed by atoms with Gasteiger partial charge in [0.25, 0.3) is 5.56 Å². The summed E-state index contributed by atoms with van der Waals surface area (Å²) in [6, 6.07) is 11.1. The summed E-state index contributed by atoms with van der Waals surface area (Å²) < 4.78 is 69.7. The second kappa shape index (κ2) is 8.96. The predicted octanol–water partition coefficient (Wildman–Crippen LogP) is 7.10. The molecule has 2 N–H and O–H groups in total. The van der Waals surface area contributed by atoms with Gasteiger partial charge in [0, 0.05) is 16.5 Å². The highest BCUT2D eigenvalue weighted by Gasteiger charge is 2.36. The highest BCUT2D eigenvalue weighted by molar-refractivity contribution is 7.18. The van der Waals surface area contributed by atoms with Gasteiger partial charge in [0.2, 0.25) is 0 Å². The maximum Gasteiger partial charge on any atom is 0.418 e. The minimum Gasteiger partial charge on any atom is -0.394 e. The Morgan fingerprint density at radius 2 is 1.54 bits per heavy atom. The normalized spacial score (nSPS) is 11.8. The number of pyridine rings is 1. The molecule has 2 aromatic carbocycles. The highest BCUT2D eigenvalue weighted by Crippen LogP contribution is 2.40. The van der Waals surface area contributed by atoms with Crippen molar-refractivity contribution in [2.24, 2.45) is 0 Å². The van der Waals surface area contributed by atoms with Crippen molar-refractivity contribution < 1.29 is 22.0 Å². The summed E-state index contributed by atoms with van der Waals surface area (Å²) in [5, 5.41) is 0. The quantitative estimate of drug-likeness (QED) is 0.302. The lowest BCUT2D eigenvalue weighted by atomic mass is 10.00. The number of anilines is 1. The number of benzene rings is 2. The van der Waals surface area contributed by atoms with E-state index >= 15 is 0 Å². The minimum absolute atomic E-state index is 0.0574. The van der Waals surface area contributed by atoms with Crippen molar-refractivity contribution in [2.45, 2.75) is 33.5 Å². The molecular formula is C26H21F5N2OS. The SMILES string of the molecule is Cc1cc(C)c(-c2ccc(-c3cc(C(F)(F)F)c(N)c(=O)n3Cc3ccc(F)cc3F)s2)cc1C. The molecule has 0 saturated heterocycles. The molecule has 35 heavy (non-hydrogen) atoms. The van der Waals surface area contributed by atoms with Gasteiger partial charge in [-0.3, -0.25) is 4.79 Å². The summed E-state index contributed by atoms with van der Waals surface area (Å²) in [6.07, 6.45) is -4.86. The highest BCUT2D eigenvalue weighted by atomic mass is 32.1. The molecule has 2 heterocycles. The zero-order valence-electron chi connectivity index (χ0n) is 19.1. The largest absolute Gasteiger partial charge is 0.418 e. The molecule has 3 nitrogen and oxygen atoms in total. The Kier molecular flexibility index (Phi) is 6.31. The van der Waals surface area contributed by atoms with Gasteiger partial charge in [-0.2, -0.15) is 13.2 Å². The fourth-order valence-electron chi connectivity index (χ4n) is 3.92. The number of halogens is 5. The first kappa shape index (κ1) is 24.7. The van der Waals surface area contributed by atoms with Crippen LogP contribution in [0.4, 0.5) is 27.6 Å². The maximum atomic E-state index is 14.3. The molecular weight excluding hydrogens is 483 g/mol. The van der Waals surface area contributed by atoms with Crippen molar-refractivity contribution in [3.05, 3.63) is 98.3 Å². The molecule has 0 aliphatic heterocycles. The van der Waals surface area contributed by atoms with Gasteiger partial charge in [-0.05, 0) is 67.3 Å². The summed E-state index contributed by atoms with van der Waals surface area (Å²) in [5.41, 5.74) is 6.23. The number of nitrogen functional groups attached to an aromatic ring is 1. The van der Waals surface area contributed by atoms with E-state index in [-0.39, 0.29) is 11.3 Å². The number of hydrogen-bond acceptors (Lipinski definition) is 3. The molecule has 4 rings (SSSR count). The first-order valence-corrected chi connectivity index (χ1v) is 11.4. The van der Waals surface area contributed by atoms with Gasteiger partial charge >= 0.3 is 6.18 Å². The van der Waals surface area contributed by atoms with Gasteiger partial charge in [-0.1, -0.05) is 18.2 Å². The van der Waals surface area contributed by atoms with Crippen LogP contribution in [0.15, 0.2) is 53.3 Å². The minimum atomic E-state index is -4.86. The number of hydrogen-bond donors (Lipinski definition) is 1. The molecule has 0 bridgehead atoms. The first-order valence-electron chi connectivity index (χ1n) is 10.6. The number of aromatic nitrogens is 1. The lowest BCUT2D eigenvalue weighted by molar-refractivity contribution is -0.137. The zero-order valence-corrected chi connectivity index (χ0v) is 19.9. The molecule has 0 unspecified atom stereocenters. The number of thiophene rings is 1. The monoisotopic (exact) mass is 504 g/mol. The van der Waals surface area contributed by atoms with E-state index in [2.05, 4.69) is 0 Å². The van der Waals surface area contributed by atoms with Crippen LogP contribution in [-0.2, 0) is 12.7 Å². The van der Waals surface area contributed by atoms with E-state index < -0.39 is 41.2 Å². The molecule has 0 radical (unpaired) electrons. The van der Waals surface area contributed by atoms with Crippen molar-refractivity contribution in [2.75, 3.05) is 5.73 Å². The van der Waals surface area contributed by atoms with Crippen molar-refractivity contribution in [3.63, 3.8) is 0 Å². The molecule has 0 saturated carbocycles. The summed E-state index contributed by atoms with van der Waals surface area (Å²) in [4.78, 5) is 14.2. The fourth-order valence-corrected chi connectivity index (χ4v) is 5.04. The number of nitrogens with zero attached hydrogens (tertiary/aromatic N) is 1. The van der Waals surface area contributed by atoms with Crippen LogP contribution in [0.3, 0.4) is 0 Å². The third kappa shape index (κ3) is 4.73. The lowest BCUT2D eigenvalue weighted by Gasteiger charge is -2.17. The second-order valence-corrected chi connectivity index (χ2v) is 9.48. The number of nitrogens with two attached hydrogens (primary N) is 1. The van der Waals surface area contributed by atoms with Gasteiger partial charge in [-0.25, -0.2) is 8.78 Å². The van der Waals surface area contributed by atoms with Crippen LogP contribution in [0.25, 0.3) is 21.0 Å². The fraction of sp³-hybridized carbons (Fsp3) is 0.192. The lowest BCUT2D eigenvalue weighted by Crippen LogP contribution is -2.28. The second-order valence-electron chi connectivity index (χ2n) is 8.40. The van der Waals surface area contributed by atoms with E-state index in [1.807, 2.05) is 32.9 Å². The van der Waals surface area contributed by atoms with Crippen LogP contribution >= 0.6 is 11.3 Å². The molecule has 9 heteroatoms. The third-order valence-corrected chi connectivity index (χ3v) is 7.09. The molecule has 2 aromatic heterocycles. The molecule has 0 fully saturated rings. The number of rotatable bonds is 4. The van der Waals surface area contributed by atoms with Gasteiger partial charge in [0.05, 0.1) is 22.7 Å². The summed E-state index contributed by atoms with van der Waals surface area (Å²) in [5.74, 6) is -1.73. The molecule has 182 valence electrons. The summed E-state index contributed by atoms with van der Waals surface area (Å²) in [6.45, 7) is 5.49. The smallest absolute Gasteiger partial charge is 0.394 e. The van der Waals surface area contributed by atoms with E-state index in [9.17, 15) is 26.7 Å². The van der Waals surface area contributed by atoms with Crippen molar-refractivity contribution in [1.82, 2.24) is 4.57 Å². The molecule has 4 aromatic rings. The standard InChI is InChI=1S/C26H21F5N2OS/c1-13-8-15(3)18(9-14(13)2)22-6-7-23(35-22)21-11-19(26(29,30)31)24(32)25(34)33(21)12-16-4-5-17(27)10-20(16)28/h4-11H,12,32H2,1-3H3. The molecule has 0 aliphatic rings. The van der Waals surface area contributed by atoms with Crippen LogP contribution < -0.4 is 11.3 Å². The number of alkyl halides is 3. The van der Waals surface area contributed by atoms with Gasteiger partial charge < -0.3 is 10.3 Å². The zero-order chi connectivity index (χ0) is 25.7. The molecule has 0 amide bonds. The van der Waals surface area contributed by atoms with Crippen LogP contribution in [0, 0.1) is 32.4 Å². The van der Waals surface area contributed by atoms with Gasteiger partial charge in [0.1, 0.15) is 17.3 Å². The average molecular weight is 505 g/mol. The van der Waals surface area contributed by atoms with E-state index in [0.29, 0.717) is 10.9 Å². The Morgan fingerprint density at radius 1 is 0.886 bits per heavy atom. The van der Waals surface area contributed by atoms with E-state index in [4.69, 9.17) is 5.73 Å².